The SMILES string of the molecule is O=S(=O)(O)C1(O)CCCCCCCCCCC1. The largest absolute Gasteiger partial charge is 0.372 e. The summed E-state index contributed by atoms with van der Waals surface area (Å²) in [6, 6.07) is 0. The minimum atomic E-state index is -4.36. The molecule has 0 radical (unpaired) electrons. The molecule has 0 aromatic carbocycles. The zero-order valence-corrected chi connectivity index (χ0v) is 11.2. The highest BCUT2D eigenvalue weighted by Crippen LogP contribution is 2.28. The lowest BCUT2D eigenvalue weighted by atomic mass is 9.99. The highest BCUT2D eigenvalue weighted by Gasteiger charge is 2.39. The second-order valence-electron chi connectivity index (χ2n) is 5.10. The van der Waals surface area contributed by atoms with Crippen LogP contribution in [-0.4, -0.2) is 23.0 Å². The van der Waals surface area contributed by atoms with E-state index in [4.69, 9.17) is 4.55 Å². The number of hydrogen-bond donors (Lipinski definition) is 2. The molecule has 0 unspecified atom stereocenters. The van der Waals surface area contributed by atoms with Crippen LogP contribution in [0.5, 0.6) is 0 Å². The third-order valence-corrected chi connectivity index (χ3v) is 4.98. The highest BCUT2D eigenvalue weighted by molar-refractivity contribution is 7.87. The Morgan fingerprint density at radius 1 is 0.706 bits per heavy atom. The maximum atomic E-state index is 11.2. The van der Waals surface area contributed by atoms with Crippen molar-refractivity contribution in [3.8, 4) is 0 Å². The zero-order chi connectivity index (χ0) is 12.8. The van der Waals surface area contributed by atoms with Gasteiger partial charge in [-0.2, -0.15) is 8.42 Å². The van der Waals surface area contributed by atoms with Gasteiger partial charge in [-0.05, 0) is 25.7 Å². The van der Waals surface area contributed by atoms with Gasteiger partial charge in [0.05, 0.1) is 0 Å². The van der Waals surface area contributed by atoms with E-state index in [1.165, 1.54) is 19.3 Å². The van der Waals surface area contributed by atoms with Gasteiger partial charge in [0.25, 0.3) is 10.1 Å². The average molecular weight is 264 g/mol. The molecule has 1 aliphatic rings. The molecule has 0 saturated heterocycles. The molecule has 1 rings (SSSR count). The molecule has 0 heterocycles. The van der Waals surface area contributed by atoms with Crippen LogP contribution in [0.25, 0.3) is 0 Å². The molecule has 0 aromatic rings. The topological polar surface area (TPSA) is 74.6 Å². The minimum absolute atomic E-state index is 0.159. The first kappa shape index (κ1) is 14.9. The summed E-state index contributed by atoms with van der Waals surface area (Å²) in [5, 5.41) is 10.1. The van der Waals surface area contributed by atoms with Crippen LogP contribution in [0.1, 0.15) is 70.6 Å². The molecule has 0 atom stereocenters. The first-order chi connectivity index (χ1) is 7.96. The molecule has 2 N–H and O–H groups in total. The molecule has 0 aliphatic heterocycles. The summed E-state index contributed by atoms with van der Waals surface area (Å²) in [5.41, 5.74) is 0. The van der Waals surface area contributed by atoms with Crippen molar-refractivity contribution in [2.75, 3.05) is 0 Å². The summed E-state index contributed by atoms with van der Waals surface area (Å²) < 4.78 is 31.6. The van der Waals surface area contributed by atoms with Gasteiger partial charge in [-0.25, -0.2) is 0 Å². The van der Waals surface area contributed by atoms with Crippen LogP contribution < -0.4 is 0 Å². The van der Waals surface area contributed by atoms with E-state index in [9.17, 15) is 13.5 Å². The highest BCUT2D eigenvalue weighted by atomic mass is 32.2. The van der Waals surface area contributed by atoms with E-state index in [1.807, 2.05) is 0 Å². The van der Waals surface area contributed by atoms with E-state index in [2.05, 4.69) is 0 Å². The fourth-order valence-electron chi connectivity index (χ4n) is 2.42. The minimum Gasteiger partial charge on any atom is -0.372 e. The summed E-state index contributed by atoms with van der Waals surface area (Å²) in [4.78, 5) is -1.91. The Morgan fingerprint density at radius 3 is 1.29 bits per heavy atom. The molecule has 0 spiro atoms. The Morgan fingerprint density at radius 2 is 1.00 bits per heavy atom. The smallest absolute Gasteiger partial charge is 0.294 e. The molecule has 0 bridgehead atoms. The van der Waals surface area contributed by atoms with Crippen LogP contribution in [0.3, 0.4) is 0 Å². The summed E-state index contributed by atoms with van der Waals surface area (Å²) in [5.74, 6) is 0. The van der Waals surface area contributed by atoms with Crippen molar-refractivity contribution in [3.05, 3.63) is 0 Å². The molecular formula is C12H24O4S. The average Bonchev–Trinajstić information content (AvgIpc) is 2.21. The van der Waals surface area contributed by atoms with Gasteiger partial charge in [0.1, 0.15) is 0 Å². The van der Waals surface area contributed by atoms with Crippen molar-refractivity contribution in [2.24, 2.45) is 0 Å². The standard InChI is InChI=1S/C12H24O4S/c13-12(17(14,15)16)10-8-6-4-2-1-3-5-7-9-11-12/h13H,1-11H2,(H,14,15,16). The molecule has 1 fully saturated rings. The Labute approximate surface area is 104 Å². The van der Waals surface area contributed by atoms with Gasteiger partial charge in [-0.1, -0.05) is 44.9 Å². The van der Waals surface area contributed by atoms with Crippen molar-refractivity contribution < 1.29 is 18.1 Å². The second kappa shape index (κ2) is 6.71. The zero-order valence-electron chi connectivity index (χ0n) is 10.4. The summed E-state index contributed by atoms with van der Waals surface area (Å²) in [7, 11) is -4.36. The first-order valence-corrected chi connectivity index (χ1v) is 8.09. The summed E-state index contributed by atoms with van der Waals surface area (Å²) >= 11 is 0. The number of rotatable bonds is 1. The lowest BCUT2D eigenvalue weighted by Gasteiger charge is -2.25. The van der Waals surface area contributed by atoms with E-state index >= 15 is 0 Å². The first-order valence-electron chi connectivity index (χ1n) is 6.65. The molecule has 1 saturated carbocycles. The van der Waals surface area contributed by atoms with Gasteiger partial charge in [0, 0.05) is 0 Å². The second-order valence-corrected chi connectivity index (χ2v) is 6.81. The molecule has 102 valence electrons. The van der Waals surface area contributed by atoms with Gasteiger partial charge < -0.3 is 5.11 Å². The fourth-order valence-corrected chi connectivity index (χ4v) is 3.23. The molecular weight excluding hydrogens is 240 g/mol. The third kappa shape index (κ3) is 4.94. The molecule has 0 amide bonds. The van der Waals surface area contributed by atoms with E-state index in [1.54, 1.807) is 0 Å². The van der Waals surface area contributed by atoms with E-state index in [0.717, 1.165) is 25.7 Å². The van der Waals surface area contributed by atoms with E-state index in [-0.39, 0.29) is 12.8 Å². The van der Waals surface area contributed by atoms with Gasteiger partial charge in [-0.15, -0.1) is 0 Å². The van der Waals surface area contributed by atoms with Crippen LogP contribution in [0.4, 0.5) is 0 Å². The third-order valence-electron chi connectivity index (χ3n) is 3.61. The fraction of sp³-hybridized carbons (Fsp3) is 1.00. The van der Waals surface area contributed by atoms with Crippen LogP contribution in [-0.2, 0) is 10.1 Å². The van der Waals surface area contributed by atoms with Crippen LogP contribution >= 0.6 is 0 Å². The van der Waals surface area contributed by atoms with Gasteiger partial charge in [0.15, 0.2) is 4.93 Å². The van der Waals surface area contributed by atoms with Gasteiger partial charge >= 0.3 is 0 Å². The van der Waals surface area contributed by atoms with Crippen molar-refractivity contribution in [2.45, 2.75) is 75.6 Å². The van der Waals surface area contributed by atoms with Gasteiger partial charge in [0.2, 0.25) is 0 Å². The monoisotopic (exact) mass is 264 g/mol. The predicted octanol–water partition coefficient (Wildman–Crippen LogP) is 2.87. The molecule has 4 nitrogen and oxygen atoms in total. The van der Waals surface area contributed by atoms with Crippen molar-refractivity contribution in [1.82, 2.24) is 0 Å². The van der Waals surface area contributed by atoms with Crippen LogP contribution in [0, 0.1) is 0 Å². The summed E-state index contributed by atoms with van der Waals surface area (Å²) in [6.07, 6.45) is 9.29. The van der Waals surface area contributed by atoms with E-state index in [0.29, 0.717) is 12.8 Å². The molecule has 0 aromatic heterocycles. The molecule has 1 aliphatic carbocycles. The Kier molecular flexibility index (Phi) is 5.89. The van der Waals surface area contributed by atoms with Gasteiger partial charge in [-0.3, -0.25) is 4.55 Å². The Hall–Kier alpha value is -0.130. The van der Waals surface area contributed by atoms with Crippen molar-refractivity contribution in [3.63, 3.8) is 0 Å². The summed E-state index contributed by atoms with van der Waals surface area (Å²) in [6.45, 7) is 0. The van der Waals surface area contributed by atoms with Crippen molar-refractivity contribution in [1.29, 1.82) is 0 Å². The number of hydrogen-bond acceptors (Lipinski definition) is 3. The molecule has 5 heteroatoms. The Balaban J connectivity index is 2.60. The normalized spacial score (nSPS) is 24.6. The lowest BCUT2D eigenvalue weighted by Crippen LogP contribution is -2.38. The van der Waals surface area contributed by atoms with E-state index < -0.39 is 15.1 Å². The molecule has 17 heavy (non-hydrogen) atoms. The maximum Gasteiger partial charge on any atom is 0.294 e. The lowest BCUT2D eigenvalue weighted by molar-refractivity contribution is 0.0881. The van der Waals surface area contributed by atoms with Crippen molar-refractivity contribution >= 4 is 10.1 Å². The maximum absolute atomic E-state index is 11.2. The Bertz CT molecular complexity index is 298. The van der Waals surface area contributed by atoms with Crippen LogP contribution in [0.15, 0.2) is 0 Å². The predicted molar refractivity (Wildman–Crippen MR) is 67.3 cm³/mol. The van der Waals surface area contributed by atoms with Crippen LogP contribution in [0.2, 0.25) is 0 Å². The number of aliphatic hydroxyl groups is 1. The quantitative estimate of drug-likeness (QED) is 0.714.